The van der Waals surface area contributed by atoms with E-state index < -0.39 is 29.0 Å². The molecule has 106 valence electrons. The van der Waals surface area contributed by atoms with Gasteiger partial charge in [0.05, 0.1) is 10.9 Å². The van der Waals surface area contributed by atoms with Crippen LogP contribution in [0.2, 0.25) is 5.02 Å². The Kier molecular flexibility index (Phi) is 3.52. The molecule has 2 saturated carbocycles. The first-order valence-corrected chi connectivity index (χ1v) is 8.05. The lowest BCUT2D eigenvalue weighted by molar-refractivity contribution is -0.138. The maximum Gasteiger partial charge on any atom is 0.307 e. The minimum Gasteiger partial charge on any atom is -0.611 e. The van der Waals surface area contributed by atoms with Gasteiger partial charge in [0.1, 0.15) is 5.25 Å². The lowest BCUT2D eigenvalue weighted by Crippen LogP contribution is -2.11. The average Bonchev–Trinajstić information content (AvgIpc) is 3.29. The minimum absolute atomic E-state index is 0.189. The van der Waals surface area contributed by atoms with Crippen molar-refractivity contribution in [2.45, 2.75) is 29.4 Å². The van der Waals surface area contributed by atoms with Crippen LogP contribution >= 0.6 is 11.6 Å². The van der Waals surface area contributed by atoms with Crippen molar-refractivity contribution in [3.8, 4) is 0 Å². The number of hydrogen-bond acceptors (Lipinski definition) is 3. The average molecular weight is 313 g/mol. The first-order valence-electron chi connectivity index (χ1n) is 6.46. The van der Waals surface area contributed by atoms with Crippen molar-refractivity contribution in [1.29, 1.82) is 0 Å². The van der Waals surface area contributed by atoms with Gasteiger partial charge in [-0.25, -0.2) is 0 Å². The minimum atomic E-state index is -1.10. The molecule has 20 heavy (non-hydrogen) atoms. The summed E-state index contributed by atoms with van der Waals surface area (Å²) in [4.78, 5) is 23.5. The Hall–Kier alpha value is -1.04. The fourth-order valence-electron chi connectivity index (χ4n) is 2.25. The molecule has 0 radical (unpaired) electrons. The molecular weight excluding hydrogens is 300 g/mol. The highest BCUT2D eigenvalue weighted by molar-refractivity contribution is 7.92. The molecule has 3 rings (SSSR count). The van der Waals surface area contributed by atoms with Crippen molar-refractivity contribution in [2.75, 3.05) is 0 Å². The molecule has 0 spiro atoms. The van der Waals surface area contributed by atoms with E-state index in [4.69, 9.17) is 16.7 Å². The smallest absolute Gasteiger partial charge is 0.307 e. The fraction of sp³-hybridized carbons (Fsp3) is 0.429. The summed E-state index contributed by atoms with van der Waals surface area (Å²) >= 11 is 5.00. The molecule has 2 aliphatic rings. The predicted octanol–water partition coefficient (Wildman–Crippen LogP) is 2.51. The molecule has 0 heterocycles. The standard InChI is InChI=1S/C14H13ClO4S/c15-11-5-7(13(16)9-6-10(9)14(17)18)1-4-12(11)20(19)8-2-3-8/h1,4-5,8-10H,2-3,6H2,(H,17,18)/t9-,10-,20?/m0/s1. The van der Waals surface area contributed by atoms with Gasteiger partial charge in [-0.05, 0) is 35.8 Å². The number of carboxylic acids is 1. The first-order chi connectivity index (χ1) is 9.49. The zero-order valence-electron chi connectivity index (χ0n) is 10.5. The Morgan fingerprint density at radius 1 is 1.30 bits per heavy atom. The van der Waals surface area contributed by atoms with Gasteiger partial charge in [-0.1, -0.05) is 11.6 Å². The van der Waals surface area contributed by atoms with Crippen LogP contribution in [-0.4, -0.2) is 26.7 Å². The number of benzene rings is 1. The van der Waals surface area contributed by atoms with Crippen LogP contribution in [0.4, 0.5) is 0 Å². The van der Waals surface area contributed by atoms with Crippen molar-refractivity contribution in [1.82, 2.24) is 0 Å². The van der Waals surface area contributed by atoms with Crippen molar-refractivity contribution >= 4 is 34.5 Å². The molecule has 0 bridgehead atoms. The predicted molar refractivity (Wildman–Crippen MR) is 74.4 cm³/mol. The van der Waals surface area contributed by atoms with E-state index in [9.17, 15) is 14.1 Å². The van der Waals surface area contributed by atoms with Crippen LogP contribution in [-0.2, 0) is 16.0 Å². The maximum absolute atomic E-state index is 12.1. The Morgan fingerprint density at radius 3 is 2.50 bits per heavy atom. The summed E-state index contributed by atoms with van der Waals surface area (Å²) in [6, 6.07) is 4.74. The van der Waals surface area contributed by atoms with Gasteiger partial charge in [0, 0.05) is 24.3 Å². The van der Waals surface area contributed by atoms with Crippen LogP contribution in [0.25, 0.3) is 0 Å². The number of rotatable bonds is 5. The SMILES string of the molecule is O=C(O)[C@H]1C[C@@H]1C(=O)c1ccc([S+]([O-])C2CC2)c(Cl)c1. The first kappa shape index (κ1) is 13.9. The van der Waals surface area contributed by atoms with Crippen LogP contribution in [0.3, 0.4) is 0 Å². The van der Waals surface area contributed by atoms with E-state index in [1.807, 2.05) is 0 Å². The van der Waals surface area contributed by atoms with Gasteiger partial charge < -0.3 is 9.66 Å². The van der Waals surface area contributed by atoms with E-state index >= 15 is 0 Å². The molecule has 0 amide bonds. The summed E-state index contributed by atoms with van der Waals surface area (Å²) in [5, 5.41) is 9.36. The Balaban J connectivity index is 1.77. The number of ketones is 1. The molecule has 1 aromatic carbocycles. The number of carbonyl (C=O) groups excluding carboxylic acids is 1. The number of carboxylic acid groups (broad SMARTS) is 1. The number of hydrogen-bond donors (Lipinski definition) is 1. The highest BCUT2D eigenvalue weighted by Crippen LogP contribution is 2.42. The van der Waals surface area contributed by atoms with E-state index in [1.165, 1.54) is 6.07 Å². The number of carbonyl (C=O) groups is 2. The van der Waals surface area contributed by atoms with Crippen molar-refractivity contribution in [3.63, 3.8) is 0 Å². The van der Waals surface area contributed by atoms with Crippen LogP contribution in [0, 0.1) is 11.8 Å². The third-order valence-corrected chi connectivity index (χ3v) is 6.00. The van der Waals surface area contributed by atoms with Gasteiger partial charge in [0.2, 0.25) is 0 Å². The monoisotopic (exact) mass is 312 g/mol. The maximum atomic E-state index is 12.1. The molecular formula is C14H13ClO4S. The summed E-state index contributed by atoms with van der Waals surface area (Å²) in [7, 11) is 0. The van der Waals surface area contributed by atoms with Gasteiger partial charge in [-0.2, -0.15) is 0 Å². The van der Waals surface area contributed by atoms with Crippen LogP contribution in [0.5, 0.6) is 0 Å². The van der Waals surface area contributed by atoms with Crippen LogP contribution in [0.15, 0.2) is 23.1 Å². The molecule has 4 nitrogen and oxygen atoms in total. The fourth-order valence-corrected chi connectivity index (χ4v) is 4.04. The van der Waals surface area contributed by atoms with Crippen LogP contribution < -0.4 is 0 Å². The van der Waals surface area contributed by atoms with Crippen LogP contribution in [0.1, 0.15) is 29.6 Å². The molecule has 0 saturated heterocycles. The third kappa shape index (κ3) is 2.57. The second-order valence-corrected chi connectivity index (χ2v) is 7.40. The van der Waals surface area contributed by atoms with Gasteiger partial charge in [0.15, 0.2) is 10.7 Å². The Labute approximate surface area is 124 Å². The van der Waals surface area contributed by atoms with E-state index in [-0.39, 0.29) is 11.0 Å². The van der Waals surface area contributed by atoms with Crippen molar-refractivity contribution in [3.05, 3.63) is 28.8 Å². The lowest BCUT2D eigenvalue weighted by atomic mass is 10.1. The molecule has 6 heteroatoms. The second kappa shape index (κ2) is 5.06. The van der Waals surface area contributed by atoms with Gasteiger partial charge in [0.25, 0.3) is 0 Å². The third-order valence-electron chi connectivity index (χ3n) is 3.70. The Bertz CT molecular complexity index is 585. The van der Waals surface area contributed by atoms with Gasteiger partial charge >= 0.3 is 5.97 Å². The molecule has 3 atom stereocenters. The zero-order chi connectivity index (χ0) is 14.4. The summed E-state index contributed by atoms with van der Waals surface area (Å²) in [6.45, 7) is 0. The molecule has 1 unspecified atom stereocenters. The molecule has 0 aliphatic heterocycles. The van der Waals surface area contributed by atoms with E-state index in [2.05, 4.69) is 0 Å². The summed E-state index contributed by atoms with van der Waals surface area (Å²) in [5.41, 5.74) is 0.403. The lowest BCUT2D eigenvalue weighted by Gasteiger charge is -2.11. The summed E-state index contributed by atoms with van der Waals surface area (Å²) in [6.07, 6.45) is 2.29. The highest BCUT2D eigenvalue weighted by Gasteiger charge is 2.48. The summed E-state index contributed by atoms with van der Waals surface area (Å²) in [5.74, 6) is -2.13. The van der Waals surface area contributed by atoms with Crippen molar-refractivity contribution < 1.29 is 19.2 Å². The Morgan fingerprint density at radius 2 is 2.00 bits per heavy atom. The molecule has 1 aromatic rings. The largest absolute Gasteiger partial charge is 0.611 e. The number of aliphatic carboxylic acids is 1. The van der Waals surface area contributed by atoms with Gasteiger partial charge in [-0.3, -0.25) is 9.59 Å². The topological polar surface area (TPSA) is 77.4 Å². The van der Waals surface area contributed by atoms with E-state index in [0.717, 1.165) is 12.8 Å². The molecule has 2 fully saturated rings. The van der Waals surface area contributed by atoms with E-state index in [1.54, 1.807) is 12.1 Å². The van der Waals surface area contributed by atoms with Gasteiger partial charge in [-0.15, -0.1) is 0 Å². The summed E-state index contributed by atoms with van der Waals surface area (Å²) < 4.78 is 12.1. The second-order valence-electron chi connectivity index (χ2n) is 5.29. The highest BCUT2D eigenvalue weighted by atomic mass is 35.5. The quantitative estimate of drug-likeness (QED) is 0.669. The molecule has 2 aliphatic carbocycles. The molecule has 0 aromatic heterocycles. The molecule has 1 N–H and O–H groups in total. The zero-order valence-corrected chi connectivity index (χ0v) is 12.1. The number of Topliss-reactive ketones (excluding diaryl/α,β-unsaturated/α-hetero) is 1. The van der Waals surface area contributed by atoms with Crippen molar-refractivity contribution in [2.24, 2.45) is 11.8 Å². The van der Waals surface area contributed by atoms with E-state index in [0.29, 0.717) is 21.9 Å². The normalized spacial score (nSPS) is 26.1. The number of halogens is 1.